The SMILES string of the molecule is Cc1cc2c(-c3ccccc3)cc(N3c4ccccc4Sc4ccccc43)cc2[cH-]1.[Cl][Zr][Cl]. The predicted octanol–water partition coefficient (Wildman–Crippen LogP) is 9.85. The first kappa shape index (κ1) is 22.9. The third-order valence-electron chi connectivity index (χ3n) is 5.73. The Morgan fingerprint density at radius 1 is 0.758 bits per heavy atom. The van der Waals surface area contributed by atoms with Crippen LogP contribution in [0, 0.1) is 6.92 Å². The fourth-order valence-corrected chi connectivity index (χ4v) is 5.48. The second kappa shape index (κ2) is 10.2. The molecule has 5 heteroatoms. The van der Waals surface area contributed by atoms with Crippen molar-refractivity contribution in [1.82, 2.24) is 0 Å². The summed E-state index contributed by atoms with van der Waals surface area (Å²) in [6, 6.07) is 37.4. The number of hydrogen-bond acceptors (Lipinski definition) is 2. The molecule has 33 heavy (non-hydrogen) atoms. The van der Waals surface area contributed by atoms with Crippen LogP contribution in [-0.2, 0) is 20.8 Å². The molecule has 0 fully saturated rings. The second-order valence-electron chi connectivity index (χ2n) is 7.84. The van der Waals surface area contributed by atoms with E-state index in [4.69, 9.17) is 17.0 Å². The van der Waals surface area contributed by atoms with Crippen LogP contribution in [0.15, 0.2) is 113 Å². The van der Waals surface area contributed by atoms with Crippen LogP contribution in [0.1, 0.15) is 5.56 Å². The zero-order valence-electron chi connectivity index (χ0n) is 17.9. The summed E-state index contributed by atoms with van der Waals surface area (Å²) in [6.45, 7) is 2.18. The maximum atomic E-state index is 4.93. The van der Waals surface area contributed by atoms with E-state index < -0.39 is 20.8 Å². The van der Waals surface area contributed by atoms with Gasteiger partial charge >= 0.3 is 37.9 Å². The molecule has 0 saturated carbocycles. The van der Waals surface area contributed by atoms with Gasteiger partial charge in [-0.1, -0.05) is 78.8 Å². The van der Waals surface area contributed by atoms with E-state index in [1.54, 1.807) is 0 Å². The summed E-state index contributed by atoms with van der Waals surface area (Å²) >= 11 is 1.02. The van der Waals surface area contributed by atoms with Crippen LogP contribution in [0.2, 0.25) is 0 Å². The molecule has 0 bridgehead atoms. The number of halogens is 2. The van der Waals surface area contributed by atoms with Gasteiger partial charge < -0.3 is 4.90 Å². The number of aryl methyl sites for hydroxylation is 1. The van der Waals surface area contributed by atoms with Crippen molar-refractivity contribution in [3.05, 3.63) is 109 Å². The van der Waals surface area contributed by atoms with Gasteiger partial charge in [0, 0.05) is 15.5 Å². The summed E-state index contributed by atoms with van der Waals surface area (Å²) in [5.41, 5.74) is 7.51. The van der Waals surface area contributed by atoms with Crippen molar-refractivity contribution in [1.29, 1.82) is 0 Å². The van der Waals surface area contributed by atoms with E-state index in [1.165, 1.54) is 54.3 Å². The van der Waals surface area contributed by atoms with Crippen molar-refractivity contribution in [2.24, 2.45) is 0 Å². The summed E-state index contributed by atoms with van der Waals surface area (Å²) in [5.74, 6) is 0. The van der Waals surface area contributed by atoms with Crippen LogP contribution in [0.4, 0.5) is 17.1 Å². The van der Waals surface area contributed by atoms with Crippen LogP contribution in [0.25, 0.3) is 21.9 Å². The van der Waals surface area contributed by atoms with Crippen LogP contribution in [0.3, 0.4) is 0 Å². The van der Waals surface area contributed by atoms with E-state index in [1.807, 2.05) is 11.8 Å². The molecule has 0 atom stereocenters. The Hall–Kier alpha value is -1.90. The Bertz CT molecular complexity index is 1370. The third-order valence-corrected chi connectivity index (χ3v) is 6.86. The molecule has 162 valence electrons. The molecule has 0 N–H and O–H groups in total. The Balaban J connectivity index is 0.000000724. The number of benzene rings is 4. The van der Waals surface area contributed by atoms with Gasteiger partial charge in [0.1, 0.15) is 0 Å². The van der Waals surface area contributed by atoms with Crippen molar-refractivity contribution in [2.75, 3.05) is 4.90 Å². The van der Waals surface area contributed by atoms with Gasteiger partial charge in [0.05, 0.1) is 11.4 Å². The zero-order chi connectivity index (χ0) is 22.8. The third kappa shape index (κ3) is 4.57. The summed E-state index contributed by atoms with van der Waals surface area (Å²) < 4.78 is 0. The average molecular weight is 565 g/mol. The first-order valence-corrected chi connectivity index (χ1v) is 17.7. The molecule has 5 aromatic rings. The minimum atomic E-state index is -0.826. The Morgan fingerprint density at radius 2 is 1.33 bits per heavy atom. The van der Waals surface area contributed by atoms with Gasteiger partial charge in [-0.2, -0.15) is 6.07 Å². The van der Waals surface area contributed by atoms with Gasteiger partial charge in [-0.05, 0) is 35.9 Å². The number of para-hydroxylation sites is 2. The monoisotopic (exact) mass is 562 g/mol. The normalized spacial score (nSPS) is 11.9. The van der Waals surface area contributed by atoms with E-state index in [0.717, 1.165) is 0 Å². The van der Waals surface area contributed by atoms with Crippen molar-refractivity contribution >= 4 is 56.6 Å². The van der Waals surface area contributed by atoms with Crippen LogP contribution >= 0.6 is 28.8 Å². The molecular formula is C28H20Cl2NSZr-. The molecular weight excluding hydrogens is 545 g/mol. The molecule has 0 radical (unpaired) electrons. The summed E-state index contributed by atoms with van der Waals surface area (Å²) in [5, 5.41) is 2.60. The number of hydrogen-bond donors (Lipinski definition) is 0. The number of nitrogens with zero attached hydrogens (tertiary/aromatic N) is 1. The van der Waals surface area contributed by atoms with Gasteiger partial charge in [-0.15, -0.1) is 28.5 Å². The predicted molar refractivity (Wildman–Crippen MR) is 140 cm³/mol. The summed E-state index contributed by atoms with van der Waals surface area (Å²) in [7, 11) is 9.87. The number of anilines is 3. The Labute approximate surface area is 217 Å². The molecule has 0 aliphatic carbocycles. The standard InChI is InChI=1S/C28H20NS.2ClH.Zr/c1-19-15-21-17-22(18-24(23(21)16-19)20-9-3-2-4-10-20)29-25-11-5-7-13-27(25)30-28-14-8-6-12-26(28)29;;;/h2-18H,1H3;2*1H;/q-1;;;+2/p-2. The molecule has 0 spiro atoms. The molecule has 5 aromatic carbocycles. The zero-order valence-corrected chi connectivity index (χ0v) is 22.7. The molecule has 0 unspecified atom stereocenters. The molecule has 1 aliphatic rings. The Morgan fingerprint density at radius 3 is 1.97 bits per heavy atom. The molecule has 0 amide bonds. The summed E-state index contributed by atoms with van der Waals surface area (Å²) in [6.07, 6.45) is 0. The van der Waals surface area contributed by atoms with Crippen molar-refractivity contribution in [3.63, 3.8) is 0 Å². The fourth-order valence-electron chi connectivity index (χ4n) is 4.42. The topological polar surface area (TPSA) is 3.24 Å². The van der Waals surface area contributed by atoms with Crippen molar-refractivity contribution < 1.29 is 20.8 Å². The molecule has 6 rings (SSSR count). The molecule has 1 aliphatic heterocycles. The minimum absolute atomic E-state index is 0.826. The van der Waals surface area contributed by atoms with Gasteiger partial charge in [0.25, 0.3) is 0 Å². The van der Waals surface area contributed by atoms with Gasteiger partial charge in [0.2, 0.25) is 0 Å². The van der Waals surface area contributed by atoms with E-state index >= 15 is 0 Å². The van der Waals surface area contributed by atoms with E-state index in [2.05, 4.69) is 115 Å². The molecule has 1 heterocycles. The van der Waals surface area contributed by atoms with Crippen molar-refractivity contribution in [3.8, 4) is 11.1 Å². The van der Waals surface area contributed by atoms with Gasteiger partial charge in [0.15, 0.2) is 0 Å². The van der Waals surface area contributed by atoms with Crippen LogP contribution in [-0.4, -0.2) is 0 Å². The van der Waals surface area contributed by atoms with Crippen molar-refractivity contribution in [2.45, 2.75) is 16.7 Å². The molecule has 0 aromatic heterocycles. The van der Waals surface area contributed by atoms with E-state index in [9.17, 15) is 0 Å². The number of rotatable bonds is 2. The van der Waals surface area contributed by atoms with E-state index in [0.29, 0.717) is 0 Å². The first-order chi connectivity index (χ1) is 16.2. The fraction of sp³-hybridized carbons (Fsp3) is 0.0357. The summed E-state index contributed by atoms with van der Waals surface area (Å²) in [4.78, 5) is 4.99. The van der Waals surface area contributed by atoms with Gasteiger partial charge in [-0.3, -0.25) is 0 Å². The average Bonchev–Trinajstić information content (AvgIpc) is 3.23. The van der Waals surface area contributed by atoms with Crippen LogP contribution in [0.5, 0.6) is 0 Å². The molecule has 0 saturated heterocycles. The quantitative estimate of drug-likeness (QED) is 0.193. The number of fused-ring (bicyclic) bond motifs is 3. The van der Waals surface area contributed by atoms with E-state index in [-0.39, 0.29) is 0 Å². The second-order valence-corrected chi connectivity index (χ2v) is 12.7. The Kier molecular flexibility index (Phi) is 7.04. The van der Waals surface area contributed by atoms with Crippen LogP contribution < -0.4 is 4.90 Å². The molecule has 1 nitrogen and oxygen atoms in total. The first-order valence-electron chi connectivity index (χ1n) is 10.6. The van der Waals surface area contributed by atoms with Gasteiger partial charge in [-0.25, -0.2) is 0 Å². The maximum absolute atomic E-state index is 4.93.